The summed E-state index contributed by atoms with van der Waals surface area (Å²) in [4.78, 5) is 36.0. The molecule has 0 aliphatic heterocycles. The Kier molecular flexibility index (Phi) is 6.52. The molecule has 0 saturated carbocycles. The highest BCUT2D eigenvalue weighted by atomic mass is 35.5. The standard InChI is InChI=1S/C20H20ClNO4/c1-12-7-14(3)17(8-13(12)2)18(23)11-26-19(24)10-22-20(25)15-5-4-6-16(21)9-15/h4-9H,10-11H2,1-3H3,(H,22,25). The van der Waals surface area contributed by atoms with Crippen LogP contribution in [-0.4, -0.2) is 30.8 Å². The average Bonchev–Trinajstić information content (AvgIpc) is 2.60. The van der Waals surface area contributed by atoms with Crippen molar-refractivity contribution in [1.82, 2.24) is 5.32 Å². The number of ketones is 1. The first-order valence-corrected chi connectivity index (χ1v) is 8.46. The van der Waals surface area contributed by atoms with Crippen molar-refractivity contribution in [3.63, 3.8) is 0 Å². The fraction of sp³-hybridized carbons (Fsp3) is 0.250. The van der Waals surface area contributed by atoms with Gasteiger partial charge in [-0.1, -0.05) is 23.7 Å². The molecule has 2 rings (SSSR count). The molecule has 2 aromatic carbocycles. The number of benzene rings is 2. The Labute approximate surface area is 157 Å². The zero-order chi connectivity index (χ0) is 19.3. The van der Waals surface area contributed by atoms with Crippen LogP contribution in [0, 0.1) is 20.8 Å². The van der Waals surface area contributed by atoms with Crippen LogP contribution in [0.1, 0.15) is 37.4 Å². The molecule has 0 unspecified atom stereocenters. The van der Waals surface area contributed by atoms with E-state index in [1.165, 1.54) is 6.07 Å². The van der Waals surface area contributed by atoms with Gasteiger partial charge in [-0.15, -0.1) is 0 Å². The summed E-state index contributed by atoms with van der Waals surface area (Å²) >= 11 is 5.82. The van der Waals surface area contributed by atoms with Crippen molar-refractivity contribution in [1.29, 1.82) is 0 Å². The third kappa shape index (κ3) is 5.17. The van der Waals surface area contributed by atoms with E-state index in [-0.39, 0.29) is 18.9 Å². The lowest BCUT2D eigenvalue weighted by Crippen LogP contribution is -2.31. The van der Waals surface area contributed by atoms with Gasteiger partial charge in [0.1, 0.15) is 6.54 Å². The summed E-state index contributed by atoms with van der Waals surface area (Å²) in [5.74, 6) is -1.41. The number of aryl methyl sites for hydroxylation is 3. The molecule has 0 aliphatic carbocycles. The molecule has 1 amide bonds. The molecule has 0 radical (unpaired) electrons. The molecule has 26 heavy (non-hydrogen) atoms. The Balaban J connectivity index is 1.86. The minimum absolute atomic E-state index is 0.278. The quantitative estimate of drug-likeness (QED) is 0.622. The molecule has 6 heteroatoms. The van der Waals surface area contributed by atoms with E-state index in [2.05, 4.69) is 5.32 Å². The predicted octanol–water partition coefficient (Wildman–Crippen LogP) is 3.42. The number of hydrogen-bond donors (Lipinski definition) is 1. The van der Waals surface area contributed by atoms with Gasteiger partial charge < -0.3 is 10.1 Å². The maximum atomic E-state index is 12.3. The molecule has 0 fully saturated rings. The fourth-order valence-corrected chi connectivity index (χ4v) is 2.61. The Hall–Kier alpha value is -2.66. The number of rotatable bonds is 6. The van der Waals surface area contributed by atoms with Crippen molar-refractivity contribution >= 4 is 29.3 Å². The van der Waals surface area contributed by atoms with E-state index >= 15 is 0 Å². The van der Waals surface area contributed by atoms with Crippen LogP contribution in [0.5, 0.6) is 0 Å². The summed E-state index contributed by atoms with van der Waals surface area (Å²) in [5, 5.41) is 2.86. The first-order chi connectivity index (χ1) is 12.3. The molecule has 0 bridgehead atoms. The smallest absolute Gasteiger partial charge is 0.325 e. The summed E-state index contributed by atoms with van der Waals surface area (Å²) < 4.78 is 4.96. The van der Waals surface area contributed by atoms with Crippen molar-refractivity contribution < 1.29 is 19.1 Å². The van der Waals surface area contributed by atoms with Crippen LogP contribution in [0.25, 0.3) is 0 Å². The van der Waals surface area contributed by atoms with Crippen LogP contribution in [0.2, 0.25) is 5.02 Å². The van der Waals surface area contributed by atoms with E-state index < -0.39 is 11.9 Å². The molecule has 5 nitrogen and oxygen atoms in total. The molecular weight excluding hydrogens is 354 g/mol. The number of nitrogens with one attached hydrogen (secondary N) is 1. The highest BCUT2D eigenvalue weighted by molar-refractivity contribution is 6.31. The number of ether oxygens (including phenoxy) is 1. The molecular formula is C20H20ClNO4. The van der Waals surface area contributed by atoms with E-state index in [4.69, 9.17) is 16.3 Å². The van der Waals surface area contributed by atoms with Gasteiger partial charge in [0.25, 0.3) is 5.91 Å². The van der Waals surface area contributed by atoms with Gasteiger partial charge in [0.05, 0.1) is 0 Å². The average molecular weight is 374 g/mol. The number of Topliss-reactive ketones (excluding diaryl/α,β-unsaturated/α-hetero) is 1. The normalized spacial score (nSPS) is 10.3. The molecule has 0 saturated heterocycles. The Bertz CT molecular complexity index is 861. The predicted molar refractivity (Wildman–Crippen MR) is 99.7 cm³/mol. The van der Waals surface area contributed by atoms with Crippen LogP contribution in [-0.2, 0) is 9.53 Å². The lowest BCUT2D eigenvalue weighted by molar-refractivity contribution is -0.141. The summed E-state index contributed by atoms with van der Waals surface area (Å²) in [5.41, 5.74) is 3.80. The zero-order valence-corrected chi connectivity index (χ0v) is 15.6. The SMILES string of the molecule is Cc1cc(C)c(C(=O)COC(=O)CNC(=O)c2cccc(Cl)c2)cc1C. The van der Waals surface area contributed by atoms with Gasteiger partial charge in [0.2, 0.25) is 5.78 Å². The topological polar surface area (TPSA) is 72.5 Å². The van der Waals surface area contributed by atoms with E-state index in [0.29, 0.717) is 16.1 Å². The molecule has 1 N–H and O–H groups in total. The van der Waals surface area contributed by atoms with Crippen molar-refractivity contribution in [2.24, 2.45) is 0 Å². The van der Waals surface area contributed by atoms with Crippen LogP contribution in [0.4, 0.5) is 0 Å². The van der Waals surface area contributed by atoms with E-state index in [0.717, 1.165) is 16.7 Å². The Morgan fingerprint density at radius 3 is 2.38 bits per heavy atom. The number of halogens is 1. The minimum Gasteiger partial charge on any atom is -0.456 e. The van der Waals surface area contributed by atoms with E-state index in [9.17, 15) is 14.4 Å². The molecule has 136 valence electrons. The molecule has 0 atom stereocenters. The molecule has 0 aromatic heterocycles. The Morgan fingerprint density at radius 2 is 1.69 bits per heavy atom. The van der Waals surface area contributed by atoms with Crippen LogP contribution < -0.4 is 5.32 Å². The van der Waals surface area contributed by atoms with Gasteiger partial charge in [0, 0.05) is 16.1 Å². The summed E-state index contributed by atoms with van der Waals surface area (Å²) in [7, 11) is 0. The maximum Gasteiger partial charge on any atom is 0.325 e. The second-order valence-corrected chi connectivity index (χ2v) is 6.46. The highest BCUT2D eigenvalue weighted by Crippen LogP contribution is 2.16. The van der Waals surface area contributed by atoms with Gasteiger partial charge in [0.15, 0.2) is 6.61 Å². The second kappa shape index (κ2) is 8.63. The van der Waals surface area contributed by atoms with Crippen molar-refractivity contribution in [3.05, 3.63) is 69.2 Å². The molecule has 0 aliphatic rings. The lowest BCUT2D eigenvalue weighted by atomic mass is 9.98. The second-order valence-electron chi connectivity index (χ2n) is 6.03. The van der Waals surface area contributed by atoms with Crippen molar-refractivity contribution in [3.8, 4) is 0 Å². The van der Waals surface area contributed by atoms with Crippen molar-refractivity contribution in [2.75, 3.05) is 13.2 Å². The number of esters is 1. The fourth-order valence-electron chi connectivity index (χ4n) is 2.42. The Morgan fingerprint density at radius 1 is 1.00 bits per heavy atom. The van der Waals surface area contributed by atoms with Crippen LogP contribution in [0.15, 0.2) is 36.4 Å². The largest absolute Gasteiger partial charge is 0.456 e. The highest BCUT2D eigenvalue weighted by Gasteiger charge is 2.14. The summed E-state index contributed by atoms with van der Waals surface area (Å²) in [6.45, 7) is 5.04. The zero-order valence-electron chi connectivity index (χ0n) is 14.9. The van der Waals surface area contributed by atoms with E-state index in [1.54, 1.807) is 24.3 Å². The van der Waals surface area contributed by atoms with Gasteiger partial charge >= 0.3 is 5.97 Å². The minimum atomic E-state index is -0.685. The number of amides is 1. The lowest BCUT2D eigenvalue weighted by Gasteiger charge is -2.10. The molecule has 0 heterocycles. The molecule has 2 aromatic rings. The number of hydrogen-bond acceptors (Lipinski definition) is 4. The van der Waals surface area contributed by atoms with Gasteiger partial charge in [-0.25, -0.2) is 0 Å². The van der Waals surface area contributed by atoms with Crippen LogP contribution >= 0.6 is 11.6 Å². The first kappa shape index (κ1) is 19.7. The number of carbonyl (C=O) groups is 3. The summed E-state index contributed by atoms with van der Waals surface area (Å²) in [6, 6.07) is 10.1. The molecule has 0 spiro atoms. The van der Waals surface area contributed by atoms with Gasteiger partial charge in [-0.2, -0.15) is 0 Å². The third-order valence-corrected chi connectivity index (χ3v) is 4.22. The van der Waals surface area contributed by atoms with Gasteiger partial charge in [-0.3, -0.25) is 14.4 Å². The first-order valence-electron chi connectivity index (χ1n) is 8.08. The van der Waals surface area contributed by atoms with Crippen molar-refractivity contribution in [2.45, 2.75) is 20.8 Å². The van der Waals surface area contributed by atoms with E-state index in [1.807, 2.05) is 26.8 Å². The third-order valence-electron chi connectivity index (χ3n) is 3.99. The summed E-state index contributed by atoms with van der Waals surface area (Å²) in [6.07, 6.45) is 0. The van der Waals surface area contributed by atoms with Crippen LogP contribution in [0.3, 0.4) is 0 Å². The number of carbonyl (C=O) groups excluding carboxylic acids is 3. The monoisotopic (exact) mass is 373 g/mol. The maximum absolute atomic E-state index is 12.3. The van der Waals surface area contributed by atoms with Gasteiger partial charge in [-0.05, 0) is 61.7 Å².